The van der Waals surface area contributed by atoms with Crippen LogP contribution < -0.4 is 0 Å². The molecule has 0 radical (unpaired) electrons. The van der Waals surface area contributed by atoms with Crippen molar-refractivity contribution in [1.82, 2.24) is 4.90 Å². The molecule has 100 valence electrons. The Bertz CT molecular complexity index is 278. The first-order valence-electron chi connectivity index (χ1n) is 6.35. The average molecular weight is 243 g/mol. The SMILES string of the molecule is CC(C)C(C)(O)CN1CCC(C)(C(=O)O)CC1. The second-order valence-corrected chi connectivity index (χ2v) is 6.15. The van der Waals surface area contributed by atoms with Gasteiger partial charge in [-0.3, -0.25) is 4.79 Å². The van der Waals surface area contributed by atoms with Crippen LogP contribution in [0.15, 0.2) is 0 Å². The Hall–Kier alpha value is -0.610. The van der Waals surface area contributed by atoms with E-state index in [0.717, 1.165) is 13.1 Å². The van der Waals surface area contributed by atoms with E-state index in [2.05, 4.69) is 4.90 Å². The van der Waals surface area contributed by atoms with Crippen molar-refractivity contribution < 1.29 is 15.0 Å². The lowest BCUT2D eigenvalue weighted by Crippen LogP contribution is -2.50. The molecule has 1 aliphatic heterocycles. The summed E-state index contributed by atoms with van der Waals surface area (Å²) in [6.45, 7) is 9.81. The highest BCUT2D eigenvalue weighted by Gasteiger charge is 2.38. The molecule has 1 atom stereocenters. The summed E-state index contributed by atoms with van der Waals surface area (Å²) in [6, 6.07) is 0. The summed E-state index contributed by atoms with van der Waals surface area (Å²) in [5, 5.41) is 19.4. The molecular weight excluding hydrogens is 218 g/mol. The minimum atomic E-state index is -0.701. The maximum Gasteiger partial charge on any atom is 0.309 e. The van der Waals surface area contributed by atoms with E-state index in [-0.39, 0.29) is 5.92 Å². The van der Waals surface area contributed by atoms with Crippen LogP contribution in [0.4, 0.5) is 0 Å². The molecule has 1 saturated heterocycles. The number of aliphatic hydroxyl groups is 1. The Morgan fingerprint density at radius 1 is 1.41 bits per heavy atom. The molecule has 1 heterocycles. The van der Waals surface area contributed by atoms with Crippen molar-refractivity contribution in [2.75, 3.05) is 19.6 Å². The summed E-state index contributed by atoms with van der Waals surface area (Å²) in [5.74, 6) is -0.497. The van der Waals surface area contributed by atoms with E-state index >= 15 is 0 Å². The van der Waals surface area contributed by atoms with E-state index in [4.69, 9.17) is 5.11 Å². The van der Waals surface area contributed by atoms with Crippen LogP contribution in [0.5, 0.6) is 0 Å². The molecule has 0 aliphatic carbocycles. The molecule has 0 spiro atoms. The zero-order chi connectivity index (χ0) is 13.3. The number of β-amino-alcohol motifs (C(OH)–C–C–N with tert-alkyl or cyclic N) is 1. The largest absolute Gasteiger partial charge is 0.481 e. The Morgan fingerprint density at radius 3 is 2.24 bits per heavy atom. The smallest absolute Gasteiger partial charge is 0.309 e. The molecule has 0 amide bonds. The molecule has 0 aromatic heterocycles. The fourth-order valence-electron chi connectivity index (χ4n) is 2.05. The van der Waals surface area contributed by atoms with Crippen LogP contribution in [0.25, 0.3) is 0 Å². The van der Waals surface area contributed by atoms with Gasteiger partial charge >= 0.3 is 5.97 Å². The van der Waals surface area contributed by atoms with Crippen molar-refractivity contribution >= 4 is 5.97 Å². The number of piperidine rings is 1. The number of aliphatic carboxylic acids is 1. The minimum Gasteiger partial charge on any atom is -0.481 e. The summed E-state index contributed by atoms with van der Waals surface area (Å²) in [4.78, 5) is 13.3. The third-order valence-electron chi connectivity index (χ3n) is 4.26. The predicted molar refractivity (Wildman–Crippen MR) is 66.9 cm³/mol. The fourth-order valence-corrected chi connectivity index (χ4v) is 2.05. The van der Waals surface area contributed by atoms with Crippen molar-refractivity contribution in [3.05, 3.63) is 0 Å². The first kappa shape index (κ1) is 14.5. The van der Waals surface area contributed by atoms with Crippen molar-refractivity contribution in [2.45, 2.75) is 46.1 Å². The number of carboxylic acids is 1. The predicted octanol–water partition coefficient (Wildman–Crippen LogP) is 1.58. The topological polar surface area (TPSA) is 60.8 Å². The van der Waals surface area contributed by atoms with Gasteiger partial charge in [-0.1, -0.05) is 13.8 Å². The molecule has 2 N–H and O–H groups in total. The highest BCUT2D eigenvalue weighted by Crippen LogP contribution is 2.32. The van der Waals surface area contributed by atoms with Gasteiger partial charge in [0.15, 0.2) is 0 Å². The van der Waals surface area contributed by atoms with Crippen molar-refractivity contribution in [1.29, 1.82) is 0 Å². The van der Waals surface area contributed by atoms with E-state index in [1.54, 1.807) is 0 Å². The van der Waals surface area contributed by atoms with E-state index in [1.807, 2.05) is 27.7 Å². The number of carboxylic acid groups (broad SMARTS) is 1. The van der Waals surface area contributed by atoms with Crippen LogP contribution >= 0.6 is 0 Å². The Kier molecular flexibility index (Phi) is 4.20. The highest BCUT2D eigenvalue weighted by molar-refractivity contribution is 5.74. The molecule has 1 unspecified atom stereocenters. The van der Waals surface area contributed by atoms with Gasteiger partial charge < -0.3 is 15.1 Å². The summed E-state index contributed by atoms with van der Waals surface area (Å²) in [5.41, 5.74) is -1.28. The first-order valence-corrected chi connectivity index (χ1v) is 6.35. The van der Waals surface area contributed by atoms with Crippen molar-refractivity contribution in [3.63, 3.8) is 0 Å². The molecule has 1 aliphatic rings. The van der Waals surface area contributed by atoms with Crippen LogP contribution in [0, 0.1) is 11.3 Å². The summed E-state index contributed by atoms with van der Waals surface area (Å²) in [6.07, 6.45) is 1.33. The molecule has 1 fully saturated rings. The van der Waals surface area contributed by atoms with Gasteiger partial charge in [-0.2, -0.15) is 0 Å². The minimum absolute atomic E-state index is 0.204. The third kappa shape index (κ3) is 3.42. The van der Waals surface area contributed by atoms with Crippen LogP contribution in [0.1, 0.15) is 40.5 Å². The van der Waals surface area contributed by atoms with Gasteiger partial charge in [0.1, 0.15) is 0 Å². The molecule has 4 heteroatoms. The summed E-state index contributed by atoms with van der Waals surface area (Å²) >= 11 is 0. The molecule has 1 rings (SSSR count). The van der Waals surface area contributed by atoms with E-state index < -0.39 is 17.0 Å². The van der Waals surface area contributed by atoms with E-state index in [0.29, 0.717) is 19.4 Å². The van der Waals surface area contributed by atoms with Gasteiger partial charge in [-0.15, -0.1) is 0 Å². The Labute approximate surface area is 104 Å². The third-order valence-corrected chi connectivity index (χ3v) is 4.26. The number of hydrogen-bond donors (Lipinski definition) is 2. The normalized spacial score (nSPS) is 24.6. The average Bonchev–Trinajstić information content (AvgIpc) is 2.21. The Morgan fingerprint density at radius 2 is 1.88 bits per heavy atom. The first-order chi connectivity index (χ1) is 7.67. The molecule has 0 aromatic rings. The second-order valence-electron chi connectivity index (χ2n) is 6.15. The maximum atomic E-state index is 11.1. The van der Waals surface area contributed by atoms with E-state index in [9.17, 15) is 9.90 Å². The van der Waals surface area contributed by atoms with Crippen LogP contribution in [-0.2, 0) is 4.79 Å². The van der Waals surface area contributed by atoms with Crippen molar-refractivity contribution in [2.24, 2.45) is 11.3 Å². The quantitative estimate of drug-likeness (QED) is 0.787. The number of rotatable bonds is 4. The fraction of sp³-hybridized carbons (Fsp3) is 0.923. The zero-order valence-electron chi connectivity index (χ0n) is 11.4. The number of hydrogen-bond acceptors (Lipinski definition) is 3. The molecule has 17 heavy (non-hydrogen) atoms. The van der Waals surface area contributed by atoms with Gasteiger partial charge in [0.05, 0.1) is 11.0 Å². The van der Waals surface area contributed by atoms with Gasteiger partial charge in [0.2, 0.25) is 0 Å². The van der Waals surface area contributed by atoms with Gasteiger partial charge in [-0.05, 0) is 45.7 Å². The molecule has 0 bridgehead atoms. The second kappa shape index (κ2) is 4.94. The van der Waals surface area contributed by atoms with Crippen molar-refractivity contribution in [3.8, 4) is 0 Å². The molecule has 4 nitrogen and oxygen atoms in total. The van der Waals surface area contributed by atoms with Gasteiger partial charge in [-0.25, -0.2) is 0 Å². The lowest BCUT2D eigenvalue weighted by atomic mass is 9.80. The van der Waals surface area contributed by atoms with E-state index in [1.165, 1.54) is 0 Å². The maximum absolute atomic E-state index is 11.1. The van der Waals surface area contributed by atoms with Gasteiger partial charge in [0, 0.05) is 6.54 Å². The summed E-state index contributed by atoms with van der Waals surface area (Å²) in [7, 11) is 0. The highest BCUT2D eigenvalue weighted by atomic mass is 16.4. The number of carbonyl (C=O) groups is 1. The van der Waals surface area contributed by atoms with Gasteiger partial charge in [0.25, 0.3) is 0 Å². The number of likely N-dealkylation sites (tertiary alicyclic amines) is 1. The lowest BCUT2D eigenvalue weighted by molar-refractivity contribution is -0.151. The van der Waals surface area contributed by atoms with Crippen LogP contribution in [0.3, 0.4) is 0 Å². The standard InChI is InChI=1S/C13H25NO3/c1-10(2)13(4,17)9-14-7-5-12(3,6-8-14)11(15)16/h10,17H,5-9H2,1-4H3,(H,15,16). The Balaban J connectivity index is 2.51. The van der Waals surface area contributed by atoms with Crippen LogP contribution in [-0.4, -0.2) is 46.3 Å². The zero-order valence-corrected chi connectivity index (χ0v) is 11.4. The monoisotopic (exact) mass is 243 g/mol. The number of nitrogens with zero attached hydrogens (tertiary/aromatic N) is 1. The summed E-state index contributed by atoms with van der Waals surface area (Å²) < 4.78 is 0. The lowest BCUT2D eigenvalue weighted by Gasteiger charge is -2.40. The van der Waals surface area contributed by atoms with Crippen LogP contribution in [0.2, 0.25) is 0 Å². The molecule has 0 saturated carbocycles. The molecule has 0 aromatic carbocycles. The molecular formula is C13H25NO3.